The molecule has 0 unspecified atom stereocenters. The normalized spacial score (nSPS) is 13.2. The minimum absolute atomic E-state index is 0.121. The van der Waals surface area contributed by atoms with E-state index in [1.807, 2.05) is 24.3 Å². The molecule has 1 N–H and O–H groups in total. The van der Waals surface area contributed by atoms with Gasteiger partial charge in [-0.15, -0.1) is 0 Å². The molecule has 2 aromatic carbocycles. The van der Waals surface area contributed by atoms with Crippen molar-refractivity contribution in [2.45, 2.75) is 25.7 Å². The first-order chi connectivity index (χ1) is 14.5. The maximum absolute atomic E-state index is 12.5. The Bertz CT molecular complexity index is 879. The van der Waals surface area contributed by atoms with Crippen LogP contribution in [0, 0.1) is 0 Å². The first-order valence-electron chi connectivity index (χ1n) is 10.1. The van der Waals surface area contributed by atoms with Crippen molar-refractivity contribution in [1.82, 2.24) is 9.80 Å². The Balaban J connectivity index is 1.53. The number of fused-ring (bicyclic) bond motifs is 1. The number of carbonyl (C=O) groups is 3. The van der Waals surface area contributed by atoms with Crippen molar-refractivity contribution in [2.24, 2.45) is 0 Å². The van der Waals surface area contributed by atoms with Crippen molar-refractivity contribution in [2.75, 3.05) is 26.2 Å². The molecule has 3 rings (SSSR count). The van der Waals surface area contributed by atoms with Gasteiger partial charge in [0.2, 0.25) is 0 Å². The zero-order valence-electron chi connectivity index (χ0n) is 16.7. The molecule has 1 aliphatic rings. The number of nitrogens with zero attached hydrogens (tertiary/aromatic N) is 2. The molecule has 0 atom stereocenters. The van der Waals surface area contributed by atoms with Gasteiger partial charge in [-0.25, -0.2) is 0 Å². The molecular formula is C23H25ClN2O4. The second kappa shape index (κ2) is 10.4. The minimum Gasteiger partial charge on any atom is -0.481 e. The Kier molecular flexibility index (Phi) is 7.60. The van der Waals surface area contributed by atoms with Crippen molar-refractivity contribution >= 4 is 29.4 Å². The summed E-state index contributed by atoms with van der Waals surface area (Å²) >= 11 is 5.93. The molecule has 0 saturated heterocycles. The lowest BCUT2D eigenvalue weighted by Gasteiger charge is -2.23. The number of amides is 2. The van der Waals surface area contributed by atoms with Gasteiger partial charge in [-0.1, -0.05) is 35.9 Å². The SMILES string of the molecule is O=C(O)CCCN(CCCN1C(=O)c2ccccc2C1=O)CCc1ccc(Cl)cc1. The van der Waals surface area contributed by atoms with Crippen LogP contribution < -0.4 is 0 Å². The van der Waals surface area contributed by atoms with E-state index in [0.717, 1.165) is 18.5 Å². The van der Waals surface area contributed by atoms with Gasteiger partial charge in [0.15, 0.2) is 0 Å². The summed E-state index contributed by atoms with van der Waals surface area (Å²) in [6, 6.07) is 14.6. The van der Waals surface area contributed by atoms with Crippen LogP contribution in [0.15, 0.2) is 48.5 Å². The third-order valence-corrected chi connectivity index (χ3v) is 5.48. The molecule has 0 saturated carbocycles. The number of hydrogen-bond donors (Lipinski definition) is 1. The average molecular weight is 429 g/mol. The summed E-state index contributed by atoms with van der Waals surface area (Å²) in [5.41, 5.74) is 2.08. The zero-order chi connectivity index (χ0) is 21.5. The fourth-order valence-electron chi connectivity index (χ4n) is 3.62. The van der Waals surface area contributed by atoms with Gasteiger partial charge in [0, 0.05) is 24.5 Å². The monoisotopic (exact) mass is 428 g/mol. The van der Waals surface area contributed by atoms with Crippen LogP contribution in [0.1, 0.15) is 45.5 Å². The molecule has 1 heterocycles. The summed E-state index contributed by atoms with van der Waals surface area (Å²) in [6.07, 6.45) is 2.13. The molecule has 0 spiro atoms. The van der Waals surface area contributed by atoms with Crippen LogP contribution in [0.5, 0.6) is 0 Å². The van der Waals surface area contributed by atoms with Gasteiger partial charge in [0.1, 0.15) is 0 Å². The molecule has 6 nitrogen and oxygen atoms in total. The molecule has 2 amide bonds. The number of hydrogen-bond acceptors (Lipinski definition) is 4. The first kappa shape index (κ1) is 22.0. The van der Waals surface area contributed by atoms with Crippen molar-refractivity contribution in [3.63, 3.8) is 0 Å². The predicted molar refractivity (Wildman–Crippen MR) is 115 cm³/mol. The standard InChI is InChI=1S/C23H25ClN2O4/c24-18-10-8-17(9-11-18)12-16-25(13-3-7-21(27)28)14-4-15-26-22(29)19-5-1-2-6-20(19)23(26)30/h1-2,5-6,8-11H,3-4,7,12-16H2,(H,27,28). The number of carboxylic acids is 1. The van der Waals surface area contributed by atoms with E-state index in [9.17, 15) is 14.4 Å². The maximum atomic E-state index is 12.5. The largest absolute Gasteiger partial charge is 0.481 e. The van der Waals surface area contributed by atoms with E-state index < -0.39 is 5.97 Å². The second-order valence-corrected chi connectivity index (χ2v) is 7.81. The summed E-state index contributed by atoms with van der Waals surface area (Å²) in [4.78, 5) is 39.3. The summed E-state index contributed by atoms with van der Waals surface area (Å²) < 4.78 is 0. The summed E-state index contributed by atoms with van der Waals surface area (Å²) in [6.45, 7) is 2.45. The zero-order valence-corrected chi connectivity index (χ0v) is 17.5. The van der Waals surface area contributed by atoms with E-state index in [-0.39, 0.29) is 18.2 Å². The average Bonchev–Trinajstić information content (AvgIpc) is 2.97. The van der Waals surface area contributed by atoms with Crippen LogP contribution in [0.2, 0.25) is 5.02 Å². The number of carbonyl (C=O) groups excluding carboxylic acids is 2. The van der Waals surface area contributed by atoms with Crippen LogP contribution in [0.4, 0.5) is 0 Å². The van der Waals surface area contributed by atoms with Crippen molar-refractivity contribution < 1.29 is 19.5 Å². The molecule has 158 valence electrons. The van der Waals surface area contributed by atoms with Gasteiger partial charge in [-0.2, -0.15) is 0 Å². The maximum Gasteiger partial charge on any atom is 0.303 e. The predicted octanol–water partition coefficient (Wildman–Crippen LogP) is 3.74. The number of carboxylic acid groups (broad SMARTS) is 1. The number of imide groups is 1. The van der Waals surface area contributed by atoms with Crippen molar-refractivity contribution in [1.29, 1.82) is 0 Å². The highest BCUT2D eigenvalue weighted by Gasteiger charge is 2.34. The van der Waals surface area contributed by atoms with E-state index in [1.165, 1.54) is 4.90 Å². The highest BCUT2D eigenvalue weighted by Crippen LogP contribution is 2.22. The lowest BCUT2D eigenvalue weighted by molar-refractivity contribution is -0.137. The third kappa shape index (κ3) is 5.68. The molecular weight excluding hydrogens is 404 g/mol. The number of benzene rings is 2. The van der Waals surface area contributed by atoms with Gasteiger partial charge in [-0.05, 0) is 62.2 Å². The van der Waals surface area contributed by atoms with E-state index in [4.69, 9.17) is 16.7 Å². The molecule has 0 radical (unpaired) electrons. The lowest BCUT2D eigenvalue weighted by atomic mass is 10.1. The lowest BCUT2D eigenvalue weighted by Crippen LogP contribution is -2.35. The fourth-order valence-corrected chi connectivity index (χ4v) is 3.75. The van der Waals surface area contributed by atoms with Crippen molar-refractivity contribution in [3.8, 4) is 0 Å². The van der Waals surface area contributed by atoms with Gasteiger partial charge in [0.25, 0.3) is 11.8 Å². The van der Waals surface area contributed by atoms with Crippen LogP contribution in [-0.4, -0.2) is 58.9 Å². The summed E-state index contributed by atoms with van der Waals surface area (Å²) in [5.74, 6) is -1.29. The Morgan fingerprint density at radius 1 is 0.900 bits per heavy atom. The second-order valence-electron chi connectivity index (χ2n) is 7.38. The number of aliphatic carboxylic acids is 1. The summed E-state index contributed by atoms with van der Waals surface area (Å²) in [7, 11) is 0. The summed E-state index contributed by atoms with van der Waals surface area (Å²) in [5, 5.41) is 9.60. The van der Waals surface area contributed by atoms with Gasteiger partial charge in [0.05, 0.1) is 11.1 Å². The molecule has 1 aliphatic heterocycles. The Labute approximate surface area is 181 Å². The Morgan fingerprint density at radius 3 is 2.10 bits per heavy atom. The van der Waals surface area contributed by atoms with E-state index in [0.29, 0.717) is 48.6 Å². The molecule has 0 bridgehead atoms. The minimum atomic E-state index is -0.807. The molecule has 7 heteroatoms. The number of rotatable bonds is 11. The molecule has 0 aromatic heterocycles. The molecule has 30 heavy (non-hydrogen) atoms. The quantitative estimate of drug-likeness (QED) is 0.552. The third-order valence-electron chi connectivity index (χ3n) is 5.23. The molecule has 2 aromatic rings. The van der Waals surface area contributed by atoms with E-state index in [2.05, 4.69) is 4.90 Å². The van der Waals surface area contributed by atoms with Gasteiger partial charge >= 0.3 is 5.97 Å². The van der Waals surface area contributed by atoms with Crippen molar-refractivity contribution in [3.05, 3.63) is 70.2 Å². The molecule has 0 aliphatic carbocycles. The highest BCUT2D eigenvalue weighted by molar-refractivity contribution is 6.30. The highest BCUT2D eigenvalue weighted by atomic mass is 35.5. The number of halogens is 1. The van der Waals surface area contributed by atoms with Crippen LogP contribution in [-0.2, 0) is 11.2 Å². The van der Waals surface area contributed by atoms with E-state index in [1.54, 1.807) is 24.3 Å². The van der Waals surface area contributed by atoms with Crippen LogP contribution in [0.25, 0.3) is 0 Å². The fraction of sp³-hybridized carbons (Fsp3) is 0.348. The van der Waals surface area contributed by atoms with Crippen LogP contribution >= 0.6 is 11.6 Å². The Morgan fingerprint density at radius 2 is 1.50 bits per heavy atom. The first-order valence-corrected chi connectivity index (χ1v) is 10.5. The van der Waals surface area contributed by atoms with Gasteiger partial charge in [-0.3, -0.25) is 19.3 Å². The topological polar surface area (TPSA) is 77.9 Å². The smallest absolute Gasteiger partial charge is 0.303 e. The van der Waals surface area contributed by atoms with Crippen LogP contribution in [0.3, 0.4) is 0 Å². The molecule has 0 fully saturated rings. The van der Waals surface area contributed by atoms with E-state index >= 15 is 0 Å². The van der Waals surface area contributed by atoms with Gasteiger partial charge < -0.3 is 10.0 Å². The Hall–Kier alpha value is -2.70.